The minimum Gasteiger partial charge on any atom is -0.491 e. The van der Waals surface area contributed by atoms with E-state index in [0.717, 1.165) is 47.4 Å². The molecule has 0 saturated carbocycles. The molecule has 1 fully saturated rings. The van der Waals surface area contributed by atoms with Gasteiger partial charge in [0.25, 0.3) is 0 Å². The average Bonchev–Trinajstić information content (AvgIpc) is 3.04. The van der Waals surface area contributed by atoms with Crippen molar-refractivity contribution in [2.45, 2.75) is 33.6 Å². The molecule has 0 radical (unpaired) electrons. The summed E-state index contributed by atoms with van der Waals surface area (Å²) in [4.78, 5) is 10.2. The molecule has 5 heteroatoms. The van der Waals surface area contributed by atoms with E-state index in [0.29, 0.717) is 10.9 Å². The normalized spacial score (nSPS) is 15.9. The van der Waals surface area contributed by atoms with Crippen molar-refractivity contribution in [3.63, 3.8) is 0 Å². The average molecular weight is 374 g/mol. The van der Waals surface area contributed by atoms with Crippen molar-refractivity contribution in [1.29, 1.82) is 0 Å². The summed E-state index contributed by atoms with van der Waals surface area (Å²) in [5.41, 5.74) is 3.08. The summed E-state index contributed by atoms with van der Waals surface area (Å²) in [6.45, 7) is 9.20. The van der Waals surface area contributed by atoms with Crippen LogP contribution in [0.5, 0.6) is 5.75 Å². The number of aromatic amines is 1. The van der Waals surface area contributed by atoms with Gasteiger partial charge in [-0.05, 0) is 63.5 Å². The van der Waals surface area contributed by atoms with Crippen LogP contribution in [0.4, 0.5) is 0 Å². The summed E-state index contributed by atoms with van der Waals surface area (Å²) in [5, 5.41) is 2.86. The Morgan fingerprint density at radius 3 is 2.73 bits per heavy atom. The second-order valence-electron chi connectivity index (χ2n) is 6.86. The van der Waals surface area contributed by atoms with Gasteiger partial charge < -0.3 is 14.6 Å². The van der Waals surface area contributed by atoms with Crippen molar-refractivity contribution in [1.82, 2.24) is 14.9 Å². The van der Waals surface area contributed by atoms with E-state index < -0.39 is 0 Å². The summed E-state index contributed by atoms with van der Waals surface area (Å²) >= 11 is 6.13. The fourth-order valence-electron chi connectivity index (χ4n) is 3.56. The molecule has 0 spiro atoms. The van der Waals surface area contributed by atoms with Crippen LogP contribution in [-0.2, 0) is 0 Å². The van der Waals surface area contributed by atoms with Crippen LogP contribution >= 0.6 is 11.6 Å². The van der Waals surface area contributed by atoms with E-state index in [9.17, 15) is 0 Å². The minimum atomic E-state index is 0.634. The molecule has 2 aromatic heterocycles. The Bertz CT molecular complexity index is 882. The second kappa shape index (κ2) is 8.28. The molecule has 0 amide bonds. The molecule has 26 heavy (non-hydrogen) atoms. The third kappa shape index (κ3) is 3.81. The number of aromatic nitrogens is 2. The van der Waals surface area contributed by atoms with Gasteiger partial charge in [-0.3, -0.25) is 0 Å². The SMILES string of the molecule is CC.Cc1ccc(OCC2CCN(C)CC2)c2[nH]c3ncc(Cl)cc3c12. The molecule has 0 bridgehead atoms. The van der Waals surface area contributed by atoms with Crippen molar-refractivity contribution in [3.8, 4) is 5.75 Å². The van der Waals surface area contributed by atoms with Gasteiger partial charge in [0.1, 0.15) is 11.4 Å². The van der Waals surface area contributed by atoms with E-state index in [1.165, 1.54) is 18.4 Å². The lowest BCUT2D eigenvalue weighted by atomic mass is 9.98. The molecule has 1 saturated heterocycles. The zero-order chi connectivity index (χ0) is 18.7. The number of hydrogen-bond donors (Lipinski definition) is 1. The first kappa shape index (κ1) is 19.0. The highest BCUT2D eigenvalue weighted by atomic mass is 35.5. The van der Waals surface area contributed by atoms with Crippen molar-refractivity contribution in [2.75, 3.05) is 26.7 Å². The highest BCUT2D eigenvalue weighted by molar-refractivity contribution is 6.31. The summed E-state index contributed by atoms with van der Waals surface area (Å²) in [6.07, 6.45) is 4.08. The fourth-order valence-corrected chi connectivity index (χ4v) is 3.72. The van der Waals surface area contributed by atoms with Crippen molar-refractivity contribution >= 4 is 33.5 Å². The highest BCUT2D eigenvalue weighted by Crippen LogP contribution is 2.35. The molecule has 1 N–H and O–H groups in total. The van der Waals surface area contributed by atoms with E-state index in [1.807, 2.05) is 19.9 Å². The van der Waals surface area contributed by atoms with E-state index in [1.54, 1.807) is 6.20 Å². The topological polar surface area (TPSA) is 41.1 Å². The molecular formula is C21H28ClN3O. The Labute approximate surface area is 160 Å². The third-order valence-corrected chi connectivity index (χ3v) is 5.26. The monoisotopic (exact) mass is 373 g/mol. The van der Waals surface area contributed by atoms with E-state index in [-0.39, 0.29) is 0 Å². The lowest BCUT2D eigenvalue weighted by Gasteiger charge is -2.28. The number of aryl methyl sites for hydroxylation is 1. The van der Waals surface area contributed by atoms with Crippen LogP contribution in [-0.4, -0.2) is 41.6 Å². The summed E-state index contributed by atoms with van der Waals surface area (Å²) < 4.78 is 6.20. The maximum absolute atomic E-state index is 6.20. The zero-order valence-electron chi connectivity index (χ0n) is 16.1. The predicted molar refractivity (Wildman–Crippen MR) is 110 cm³/mol. The van der Waals surface area contributed by atoms with Gasteiger partial charge in [0, 0.05) is 17.0 Å². The van der Waals surface area contributed by atoms with Gasteiger partial charge in [-0.1, -0.05) is 31.5 Å². The Morgan fingerprint density at radius 2 is 2.00 bits per heavy atom. The molecule has 1 aliphatic heterocycles. The summed E-state index contributed by atoms with van der Waals surface area (Å²) in [6, 6.07) is 6.14. The minimum absolute atomic E-state index is 0.634. The van der Waals surface area contributed by atoms with Crippen LogP contribution in [0.1, 0.15) is 32.3 Å². The number of ether oxygens (including phenoxy) is 1. The zero-order valence-corrected chi connectivity index (χ0v) is 16.9. The molecule has 3 heterocycles. The first-order valence-electron chi connectivity index (χ1n) is 9.49. The largest absolute Gasteiger partial charge is 0.491 e. The van der Waals surface area contributed by atoms with Crippen LogP contribution in [0.3, 0.4) is 0 Å². The van der Waals surface area contributed by atoms with Gasteiger partial charge in [-0.2, -0.15) is 0 Å². The number of fused-ring (bicyclic) bond motifs is 3. The molecule has 0 unspecified atom stereocenters. The Balaban J connectivity index is 0.000000948. The van der Waals surface area contributed by atoms with Crippen LogP contribution < -0.4 is 4.74 Å². The standard InChI is InChI=1S/C19H22ClN3O.C2H6/c1-12-3-4-16(24-11-13-5-7-23(2)8-6-13)18-17(12)15-9-14(20)10-21-19(15)22-18;1-2/h3-4,9-10,13H,5-8,11H2,1-2H3,(H,21,22);1-2H3. The van der Waals surface area contributed by atoms with Crippen LogP contribution in [0, 0.1) is 12.8 Å². The summed E-state index contributed by atoms with van der Waals surface area (Å²) in [5.74, 6) is 1.54. The molecule has 4 nitrogen and oxygen atoms in total. The second-order valence-corrected chi connectivity index (χ2v) is 7.30. The molecule has 4 rings (SSSR count). The Hall–Kier alpha value is -1.78. The molecule has 140 valence electrons. The number of H-pyrrole nitrogens is 1. The Kier molecular flexibility index (Phi) is 6.05. The van der Waals surface area contributed by atoms with Gasteiger partial charge in [0.05, 0.1) is 17.1 Å². The lowest BCUT2D eigenvalue weighted by molar-refractivity contribution is 0.161. The summed E-state index contributed by atoms with van der Waals surface area (Å²) in [7, 11) is 2.18. The quantitative estimate of drug-likeness (QED) is 0.666. The number of rotatable bonds is 3. The van der Waals surface area contributed by atoms with Gasteiger partial charge >= 0.3 is 0 Å². The number of nitrogens with one attached hydrogen (secondary N) is 1. The van der Waals surface area contributed by atoms with Crippen molar-refractivity contribution in [2.24, 2.45) is 5.92 Å². The van der Waals surface area contributed by atoms with Gasteiger partial charge in [0.15, 0.2) is 0 Å². The molecule has 1 aromatic carbocycles. The van der Waals surface area contributed by atoms with Gasteiger partial charge in [0.2, 0.25) is 0 Å². The maximum Gasteiger partial charge on any atom is 0.143 e. The van der Waals surface area contributed by atoms with Crippen LogP contribution in [0.15, 0.2) is 24.4 Å². The number of nitrogens with zero attached hydrogens (tertiary/aromatic N) is 2. The number of halogens is 1. The van der Waals surface area contributed by atoms with Crippen LogP contribution in [0.25, 0.3) is 21.9 Å². The first-order chi connectivity index (χ1) is 12.6. The smallest absolute Gasteiger partial charge is 0.143 e. The van der Waals surface area contributed by atoms with E-state index >= 15 is 0 Å². The lowest BCUT2D eigenvalue weighted by Crippen LogP contribution is -2.32. The van der Waals surface area contributed by atoms with Crippen LogP contribution in [0.2, 0.25) is 5.02 Å². The van der Waals surface area contributed by atoms with E-state index in [2.05, 4.69) is 41.0 Å². The highest BCUT2D eigenvalue weighted by Gasteiger charge is 2.18. The van der Waals surface area contributed by atoms with Crippen molar-refractivity contribution in [3.05, 3.63) is 35.0 Å². The molecule has 3 aromatic rings. The number of pyridine rings is 1. The third-order valence-electron chi connectivity index (χ3n) is 5.06. The molecular weight excluding hydrogens is 346 g/mol. The molecule has 1 aliphatic rings. The maximum atomic E-state index is 6.20. The number of piperidine rings is 1. The van der Waals surface area contributed by atoms with Gasteiger partial charge in [-0.25, -0.2) is 4.98 Å². The fraction of sp³-hybridized carbons (Fsp3) is 0.476. The first-order valence-corrected chi connectivity index (χ1v) is 9.87. The number of hydrogen-bond acceptors (Lipinski definition) is 3. The number of benzene rings is 1. The van der Waals surface area contributed by atoms with Crippen molar-refractivity contribution < 1.29 is 4.74 Å². The van der Waals surface area contributed by atoms with E-state index in [4.69, 9.17) is 16.3 Å². The molecule has 0 aliphatic carbocycles. The molecule has 0 atom stereocenters. The Morgan fingerprint density at radius 1 is 1.27 bits per heavy atom. The predicted octanol–water partition coefficient (Wildman–Crippen LogP) is 5.42. The number of likely N-dealkylation sites (tertiary alicyclic amines) is 1. The van der Waals surface area contributed by atoms with Gasteiger partial charge in [-0.15, -0.1) is 0 Å².